The van der Waals surface area contributed by atoms with Crippen LogP contribution < -0.4 is 15.8 Å². The molecular formula is C9H14N2O2. The molecule has 0 aliphatic rings. The molecule has 0 bridgehead atoms. The largest absolute Gasteiger partial charge is 0.479 e. The number of rotatable bonds is 5. The first-order valence-corrected chi connectivity index (χ1v) is 4.14. The first kappa shape index (κ1) is 9.83. The molecule has 72 valence electrons. The SMILES string of the molecule is NCOc1ccc(NCCO)cc1. The summed E-state index contributed by atoms with van der Waals surface area (Å²) in [6.07, 6.45) is 0. The van der Waals surface area contributed by atoms with Gasteiger partial charge in [-0.2, -0.15) is 0 Å². The molecule has 13 heavy (non-hydrogen) atoms. The van der Waals surface area contributed by atoms with Crippen LogP contribution >= 0.6 is 0 Å². The van der Waals surface area contributed by atoms with Crippen LogP contribution in [0.3, 0.4) is 0 Å². The predicted octanol–water partition coefficient (Wildman–Crippen LogP) is 0.386. The molecule has 0 saturated heterocycles. The quantitative estimate of drug-likeness (QED) is 0.576. The van der Waals surface area contributed by atoms with Crippen molar-refractivity contribution in [3.05, 3.63) is 24.3 Å². The topological polar surface area (TPSA) is 67.5 Å². The minimum atomic E-state index is 0.126. The number of aliphatic hydroxyl groups is 1. The van der Waals surface area contributed by atoms with E-state index in [2.05, 4.69) is 5.32 Å². The number of benzene rings is 1. The van der Waals surface area contributed by atoms with Crippen LogP contribution in [0.2, 0.25) is 0 Å². The lowest BCUT2D eigenvalue weighted by molar-refractivity contribution is 0.311. The Morgan fingerprint density at radius 2 is 2.00 bits per heavy atom. The fourth-order valence-electron chi connectivity index (χ4n) is 0.965. The summed E-state index contributed by atoms with van der Waals surface area (Å²) in [5, 5.41) is 11.6. The Morgan fingerprint density at radius 3 is 2.54 bits per heavy atom. The minimum Gasteiger partial charge on any atom is -0.479 e. The van der Waals surface area contributed by atoms with E-state index in [9.17, 15) is 0 Å². The third kappa shape index (κ3) is 3.31. The highest BCUT2D eigenvalue weighted by atomic mass is 16.5. The lowest BCUT2D eigenvalue weighted by Gasteiger charge is -2.06. The van der Waals surface area contributed by atoms with E-state index in [1.54, 1.807) is 0 Å². The highest BCUT2D eigenvalue weighted by Gasteiger charge is 1.92. The Kier molecular flexibility index (Phi) is 4.08. The van der Waals surface area contributed by atoms with E-state index in [1.807, 2.05) is 24.3 Å². The summed E-state index contributed by atoms with van der Waals surface area (Å²) in [4.78, 5) is 0. The minimum absolute atomic E-state index is 0.126. The van der Waals surface area contributed by atoms with E-state index in [0.717, 1.165) is 11.4 Å². The third-order valence-electron chi connectivity index (χ3n) is 1.55. The predicted molar refractivity (Wildman–Crippen MR) is 51.7 cm³/mol. The number of hydrogen-bond donors (Lipinski definition) is 3. The standard InChI is InChI=1S/C9H14N2O2/c10-7-13-9-3-1-8(2-4-9)11-5-6-12/h1-4,11-12H,5-7,10H2. The molecule has 0 radical (unpaired) electrons. The van der Waals surface area contributed by atoms with E-state index >= 15 is 0 Å². The first-order valence-electron chi connectivity index (χ1n) is 4.14. The zero-order valence-electron chi connectivity index (χ0n) is 7.36. The van der Waals surface area contributed by atoms with Gasteiger partial charge in [-0.05, 0) is 24.3 Å². The average Bonchev–Trinajstić information content (AvgIpc) is 2.17. The van der Waals surface area contributed by atoms with Crippen molar-refractivity contribution in [2.24, 2.45) is 5.73 Å². The van der Waals surface area contributed by atoms with Crippen molar-refractivity contribution in [1.82, 2.24) is 0 Å². The Hall–Kier alpha value is -1.26. The molecule has 4 heteroatoms. The van der Waals surface area contributed by atoms with E-state index in [0.29, 0.717) is 6.54 Å². The molecular weight excluding hydrogens is 168 g/mol. The number of anilines is 1. The van der Waals surface area contributed by atoms with E-state index in [1.165, 1.54) is 0 Å². The van der Waals surface area contributed by atoms with Gasteiger partial charge in [0.15, 0.2) is 0 Å². The Bertz CT molecular complexity index is 236. The van der Waals surface area contributed by atoms with Crippen LogP contribution in [0.5, 0.6) is 5.75 Å². The van der Waals surface area contributed by atoms with Crippen LogP contribution in [-0.4, -0.2) is 25.0 Å². The van der Waals surface area contributed by atoms with Crippen molar-refractivity contribution in [2.75, 3.05) is 25.2 Å². The zero-order valence-corrected chi connectivity index (χ0v) is 7.36. The summed E-state index contributed by atoms with van der Waals surface area (Å²) in [5.74, 6) is 0.747. The summed E-state index contributed by atoms with van der Waals surface area (Å²) < 4.78 is 5.07. The van der Waals surface area contributed by atoms with Gasteiger partial charge in [0.05, 0.1) is 6.61 Å². The maximum atomic E-state index is 8.56. The van der Waals surface area contributed by atoms with Crippen molar-refractivity contribution in [3.63, 3.8) is 0 Å². The fraction of sp³-hybridized carbons (Fsp3) is 0.333. The summed E-state index contributed by atoms with van der Waals surface area (Å²) in [7, 11) is 0. The number of hydrogen-bond acceptors (Lipinski definition) is 4. The number of ether oxygens (including phenoxy) is 1. The average molecular weight is 182 g/mol. The molecule has 0 spiro atoms. The van der Waals surface area contributed by atoms with Crippen LogP contribution in [-0.2, 0) is 0 Å². The Balaban J connectivity index is 2.48. The molecule has 1 rings (SSSR count). The Morgan fingerprint density at radius 1 is 1.31 bits per heavy atom. The van der Waals surface area contributed by atoms with Crippen molar-refractivity contribution < 1.29 is 9.84 Å². The van der Waals surface area contributed by atoms with Gasteiger partial charge in [0.25, 0.3) is 0 Å². The molecule has 0 atom stereocenters. The second-order valence-electron chi connectivity index (χ2n) is 2.49. The van der Waals surface area contributed by atoms with Gasteiger partial charge in [0, 0.05) is 12.2 Å². The Labute approximate surface area is 77.3 Å². The molecule has 0 aliphatic heterocycles. The summed E-state index contributed by atoms with van der Waals surface area (Å²) in [6, 6.07) is 7.40. The second kappa shape index (κ2) is 5.40. The molecule has 0 amide bonds. The van der Waals surface area contributed by atoms with Crippen molar-refractivity contribution in [3.8, 4) is 5.75 Å². The van der Waals surface area contributed by atoms with E-state index in [-0.39, 0.29) is 13.3 Å². The van der Waals surface area contributed by atoms with Crippen LogP contribution in [0.1, 0.15) is 0 Å². The lowest BCUT2D eigenvalue weighted by atomic mass is 10.3. The normalized spacial score (nSPS) is 9.69. The van der Waals surface area contributed by atoms with Gasteiger partial charge in [0.2, 0.25) is 0 Å². The molecule has 0 unspecified atom stereocenters. The van der Waals surface area contributed by atoms with Crippen molar-refractivity contribution in [1.29, 1.82) is 0 Å². The molecule has 0 aliphatic carbocycles. The molecule has 1 aromatic carbocycles. The number of nitrogens with two attached hydrogens (primary N) is 1. The van der Waals surface area contributed by atoms with E-state index in [4.69, 9.17) is 15.6 Å². The summed E-state index contributed by atoms with van der Waals surface area (Å²) in [6.45, 7) is 0.863. The van der Waals surface area contributed by atoms with E-state index < -0.39 is 0 Å². The fourth-order valence-corrected chi connectivity index (χ4v) is 0.965. The number of nitrogens with one attached hydrogen (secondary N) is 1. The van der Waals surface area contributed by atoms with Crippen LogP contribution in [0.15, 0.2) is 24.3 Å². The van der Waals surface area contributed by atoms with Gasteiger partial charge >= 0.3 is 0 Å². The van der Waals surface area contributed by atoms with Gasteiger partial charge in [0.1, 0.15) is 12.5 Å². The lowest BCUT2D eigenvalue weighted by Crippen LogP contribution is -2.07. The molecule has 4 nitrogen and oxygen atoms in total. The third-order valence-corrected chi connectivity index (χ3v) is 1.55. The molecule has 0 heterocycles. The van der Waals surface area contributed by atoms with Gasteiger partial charge in [-0.15, -0.1) is 0 Å². The number of aliphatic hydroxyl groups excluding tert-OH is 1. The highest BCUT2D eigenvalue weighted by Crippen LogP contribution is 2.14. The van der Waals surface area contributed by atoms with Gasteiger partial charge in [-0.1, -0.05) is 0 Å². The maximum Gasteiger partial charge on any atom is 0.137 e. The maximum absolute atomic E-state index is 8.56. The molecule has 0 fully saturated rings. The highest BCUT2D eigenvalue weighted by molar-refractivity contribution is 5.46. The summed E-state index contributed by atoms with van der Waals surface area (Å²) in [5.41, 5.74) is 6.16. The van der Waals surface area contributed by atoms with Crippen LogP contribution in [0.4, 0.5) is 5.69 Å². The van der Waals surface area contributed by atoms with Gasteiger partial charge in [-0.3, -0.25) is 5.73 Å². The van der Waals surface area contributed by atoms with Crippen LogP contribution in [0, 0.1) is 0 Å². The molecule has 4 N–H and O–H groups in total. The first-order chi connectivity index (χ1) is 6.36. The molecule has 0 aromatic heterocycles. The summed E-state index contributed by atoms with van der Waals surface area (Å²) >= 11 is 0. The van der Waals surface area contributed by atoms with Crippen molar-refractivity contribution in [2.45, 2.75) is 0 Å². The molecule has 0 saturated carbocycles. The zero-order chi connectivity index (χ0) is 9.52. The monoisotopic (exact) mass is 182 g/mol. The van der Waals surface area contributed by atoms with Crippen LogP contribution in [0.25, 0.3) is 0 Å². The van der Waals surface area contributed by atoms with Gasteiger partial charge in [-0.25, -0.2) is 0 Å². The second-order valence-corrected chi connectivity index (χ2v) is 2.49. The van der Waals surface area contributed by atoms with Gasteiger partial charge < -0.3 is 15.2 Å². The smallest absolute Gasteiger partial charge is 0.137 e. The molecule has 1 aromatic rings. The van der Waals surface area contributed by atoms with Crippen molar-refractivity contribution >= 4 is 5.69 Å².